The highest BCUT2D eigenvalue weighted by Gasteiger charge is 2.19. The summed E-state index contributed by atoms with van der Waals surface area (Å²) in [4.78, 5) is 17.2. The average Bonchev–Trinajstić information content (AvgIpc) is 3.16. The number of carbonyl (C=O) groups excluding carboxylic acids is 1. The van der Waals surface area contributed by atoms with Crippen LogP contribution in [0, 0.1) is 0 Å². The van der Waals surface area contributed by atoms with Gasteiger partial charge in [0, 0.05) is 11.3 Å². The Morgan fingerprint density at radius 2 is 1.82 bits per heavy atom. The van der Waals surface area contributed by atoms with Gasteiger partial charge in [0.15, 0.2) is 5.82 Å². The number of carbonyl (C=O) groups is 1. The zero-order valence-electron chi connectivity index (χ0n) is 16.7. The minimum Gasteiger partial charge on any atom is -0.325 e. The van der Waals surface area contributed by atoms with Crippen molar-refractivity contribution in [1.29, 1.82) is 0 Å². The number of hydrogen-bond donors (Lipinski definition) is 2. The van der Waals surface area contributed by atoms with E-state index in [0.717, 1.165) is 23.2 Å². The standard InChI is InChI=1S/C22H26N4OS/c1-5-16-10-12-17(13-11-16)20-24-22(26-25-20)28-15(4)21(27)23-19-9-7-6-8-18(19)14(2)3/h6-15H,5H2,1-4H3,(H,23,27)(H,24,25,26)/t15-/m1/s1. The summed E-state index contributed by atoms with van der Waals surface area (Å²) in [5.74, 6) is 0.994. The van der Waals surface area contributed by atoms with Gasteiger partial charge >= 0.3 is 0 Å². The van der Waals surface area contributed by atoms with Crippen LogP contribution in [0.3, 0.4) is 0 Å². The molecule has 0 aliphatic rings. The van der Waals surface area contributed by atoms with E-state index in [1.807, 2.05) is 43.3 Å². The smallest absolute Gasteiger partial charge is 0.237 e. The van der Waals surface area contributed by atoms with Gasteiger partial charge in [0.2, 0.25) is 11.1 Å². The van der Waals surface area contributed by atoms with E-state index in [4.69, 9.17) is 0 Å². The number of anilines is 1. The molecule has 5 nitrogen and oxygen atoms in total. The molecule has 0 aliphatic carbocycles. The van der Waals surface area contributed by atoms with Crippen LogP contribution in [-0.4, -0.2) is 26.3 Å². The van der Waals surface area contributed by atoms with Gasteiger partial charge in [-0.1, -0.05) is 75.0 Å². The van der Waals surface area contributed by atoms with Crippen LogP contribution in [-0.2, 0) is 11.2 Å². The van der Waals surface area contributed by atoms with Crippen molar-refractivity contribution in [2.45, 2.75) is 50.4 Å². The number of amides is 1. The molecule has 0 saturated heterocycles. The Bertz CT molecular complexity index is 934. The highest BCUT2D eigenvalue weighted by atomic mass is 32.2. The van der Waals surface area contributed by atoms with Gasteiger partial charge in [0.1, 0.15) is 0 Å². The minimum absolute atomic E-state index is 0.0586. The van der Waals surface area contributed by atoms with Gasteiger partial charge in [0.05, 0.1) is 5.25 Å². The fourth-order valence-electron chi connectivity index (χ4n) is 2.89. The lowest BCUT2D eigenvalue weighted by molar-refractivity contribution is -0.115. The number of aromatic nitrogens is 3. The number of thioether (sulfide) groups is 1. The average molecular weight is 395 g/mol. The Kier molecular flexibility index (Phi) is 6.52. The molecule has 0 fully saturated rings. The zero-order valence-corrected chi connectivity index (χ0v) is 17.5. The molecule has 0 aliphatic heterocycles. The van der Waals surface area contributed by atoms with E-state index in [2.05, 4.69) is 53.4 Å². The highest BCUT2D eigenvalue weighted by Crippen LogP contribution is 2.27. The quantitative estimate of drug-likeness (QED) is 0.535. The maximum absolute atomic E-state index is 12.6. The summed E-state index contributed by atoms with van der Waals surface area (Å²) in [6, 6.07) is 16.2. The predicted molar refractivity (Wildman–Crippen MR) is 116 cm³/mol. The van der Waals surface area contributed by atoms with Crippen molar-refractivity contribution >= 4 is 23.4 Å². The molecule has 2 aromatic carbocycles. The largest absolute Gasteiger partial charge is 0.325 e. The second-order valence-electron chi connectivity index (χ2n) is 7.01. The molecule has 3 rings (SSSR count). The lowest BCUT2D eigenvalue weighted by atomic mass is 10.0. The number of H-pyrrole nitrogens is 1. The van der Waals surface area contributed by atoms with Gasteiger partial charge in [-0.25, -0.2) is 4.98 Å². The third-order valence-corrected chi connectivity index (χ3v) is 5.55. The molecule has 0 spiro atoms. The number of nitrogens with zero attached hydrogens (tertiary/aromatic N) is 2. The van der Waals surface area contributed by atoms with Gasteiger partial charge in [-0.2, -0.15) is 0 Å². The molecule has 0 radical (unpaired) electrons. The fourth-order valence-corrected chi connectivity index (χ4v) is 3.61. The lowest BCUT2D eigenvalue weighted by Crippen LogP contribution is -2.23. The Labute approximate surface area is 170 Å². The summed E-state index contributed by atoms with van der Waals surface area (Å²) in [6.07, 6.45) is 1.00. The molecular weight excluding hydrogens is 368 g/mol. The van der Waals surface area contributed by atoms with E-state index in [1.165, 1.54) is 17.3 Å². The van der Waals surface area contributed by atoms with E-state index in [9.17, 15) is 4.79 Å². The molecule has 0 unspecified atom stereocenters. The number of aryl methyl sites for hydroxylation is 1. The summed E-state index contributed by atoms with van der Waals surface area (Å²) in [6.45, 7) is 8.23. The first kappa shape index (κ1) is 20.1. The maximum atomic E-state index is 12.6. The van der Waals surface area contributed by atoms with Crippen molar-refractivity contribution in [2.75, 3.05) is 5.32 Å². The molecule has 1 heterocycles. The summed E-state index contributed by atoms with van der Waals surface area (Å²) >= 11 is 1.34. The first-order valence-electron chi connectivity index (χ1n) is 9.56. The maximum Gasteiger partial charge on any atom is 0.237 e. The molecule has 3 aromatic rings. The highest BCUT2D eigenvalue weighted by molar-refractivity contribution is 8.00. The van der Waals surface area contributed by atoms with Crippen LogP contribution in [0.2, 0.25) is 0 Å². The molecule has 1 atom stereocenters. The van der Waals surface area contributed by atoms with Gasteiger partial charge in [-0.15, -0.1) is 5.10 Å². The van der Waals surface area contributed by atoms with E-state index in [1.54, 1.807) is 0 Å². The molecular formula is C22H26N4OS. The lowest BCUT2D eigenvalue weighted by Gasteiger charge is -2.15. The second-order valence-corrected chi connectivity index (χ2v) is 8.32. The van der Waals surface area contributed by atoms with Crippen LogP contribution in [0.25, 0.3) is 11.4 Å². The Balaban J connectivity index is 1.65. The normalized spacial score (nSPS) is 12.2. The third-order valence-electron chi connectivity index (χ3n) is 4.59. The van der Waals surface area contributed by atoms with Crippen LogP contribution < -0.4 is 5.32 Å². The van der Waals surface area contributed by atoms with Crippen molar-refractivity contribution in [2.24, 2.45) is 0 Å². The van der Waals surface area contributed by atoms with E-state index in [0.29, 0.717) is 16.9 Å². The van der Waals surface area contributed by atoms with Gasteiger partial charge in [0.25, 0.3) is 0 Å². The third kappa shape index (κ3) is 4.81. The Morgan fingerprint density at radius 1 is 1.11 bits per heavy atom. The van der Waals surface area contributed by atoms with Crippen molar-refractivity contribution in [1.82, 2.24) is 15.2 Å². The molecule has 0 bridgehead atoms. The summed E-state index contributed by atoms with van der Waals surface area (Å²) < 4.78 is 0. The molecule has 6 heteroatoms. The first-order valence-corrected chi connectivity index (χ1v) is 10.4. The molecule has 1 aromatic heterocycles. The summed E-state index contributed by atoms with van der Waals surface area (Å²) in [5, 5.41) is 10.5. The number of hydrogen-bond acceptors (Lipinski definition) is 4. The monoisotopic (exact) mass is 394 g/mol. The van der Waals surface area contributed by atoms with Crippen LogP contribution in [0.15, 0.2) is 53.7 Å². The van der Waals surface area contributed by atoms with Gasteiger partial charge in [-0.3, -0.25) is 9.89 Å². The topological polar surface area (TPSA) is 70.7 Å². The van der Waals surface area contributed by atoms with Gasteiger partial charge < -0.3 is 5.32 Å². The number of aromatic amines is 1. The second kappa shape index (κ2) is 9.06. The van der Waals surface area contributed by atoms with E-state index in [-0.39, 0.29) is 11.2 Å². The molecule has 1 amide bonds. The van der Waals surface area contributed by atoms with Crippen molar-refractivity contribution in [3.8, 4) is 11.4 Å². The number of rotatable bonds is 7. The van der Waals surface area contributed by atoms with Crippen molar-refractivity contribution in [3.05, 3.63) is 59.7 Å². The van der Waals surface area contributed by atoms with E-state index >= 15 is 0 Å². The van der Waals surface area contributed by atoms with Crippen LogP contribution in [0.5, 0.6) is 0 Å². The van der Waals surface area contributed by atoms with Crippen LogP contribution in [0.1, 0.15) is 44.7 Å². The fraction of sp³-hybridized carbons (Fsp3) is 0.318. The SMILES string of the molecule is CCc1ccc(-c2nc(S[C@H](C)C(=O)Nc3ccccc3C(C)C)n[nH]2)cc1. The molecule has 146 valence electrons. The molecule has 2 N–H and O–H groups in total. The molecule has 0 saturated carbocycles. The Morgan fingerprint density at radius 3 is 2.50 bits per heavy atom. The number of para-hydroxylation sites is 1. The van der Waals surface area contributed by atoms with Crippen molar-refractivity contribution in [3.63, 3.8) is 0 Å². The Hall–Kier alpha value is -2.60. The number of benzene rings is 2. The zero-order chi connectivity index (χ0) is 20.1. The van der Waals surface area contributed by atoms with Gasteiger partial charge in [-0.05, 0) is 36.5 Å². The van der Waals surface area contributed by atoms with Crippen molar-refractivity contribution < 1.29 is 4.79 Å². The number of nitrogens with one attached hydrogen (secondary N) is 2. The van der Waals surface area contributed by atoms with E-state index < -0.39 is 0 Å². The summed E-state index contributed by atoms with van der Waals surface area (Å²) in [7, 11) is 0. The minimum atomic E-state index is -0.314. The predicted octanol–water partition coefficient (Wildman–Crippen LogP) is 5.28. The molecule has 28 heavy (non-hydrogen) atoms. The van der Waals surface area contributed by atoms with Crippen LogP contribution in [0.4, 0.5) is 5.69 Å². The van der Waals surface area contributed by atoms with Crippen LogP contribution >= 0.6 is 11.8 Å². The summed E-state index contributed by atoms with van der Waals surface area (Å²) in [5.41, 5.74) is 4.26. The first-order chi connectivity index (χ1) is 13.5.